The summed E-state index contributed by atoms with van der Waals surface area (Å²) in [4.78, 5) is 0.460. The molecule has 1 N–H and O–H groups in total. The van der Waals surface area contributed by atoms with Gasteiger partial charge in [0.2, 0.25) is 10.0 Å². The maximum absolute atomic E-state index is 12.9. The first-order valence-corrected chi connectivity index (χ1v) is 10.4. The van der Waals surface area contributed by atoms with E-state index in [2.05, 4.69) is 30.7 Å². The Labute approximate surface area is 146 Å². The van der Waals surface area contributed by atoms with E-state index in [4.69, 9.17) is 11.6 Å². The Balaban J connectivity index is 3.54. The van der Waals surface area contributed by atoms with E-state index in [1.165, 1.54) is 5.56 Å². The summed E-state index contributed by atoms with van der Waals surface area (Å²) in [7, 11) is -3.53. The summed E-state index contributed by atoms with van der Waals surface area (Å²) in [5.41, 5.74) is 2.99. The predicted molar refractivity (Wildman–Crippen MR) is 99.2 cm³/mol. The SMILES string of the molecule is CC(C)c1cc(C(C)C)c(S(=O)(=O)NCCCCl)c(C(C)C)c1. The number of hydrogen-bond donors (Lipinski definition) is 1. The van der Waals surface area contributed by atoms with Crippen molar-refractivity contribution in [3.63, 3.8) is 0 Å². The third-order valence-electron chi connectivity index (χ3n) is 3.95. The Kier molecular flexibility index (Phi) is 7.56. The molecule has 0 bridgehead atoms. The van der Waals surface area contributed by atoms with Crippen molar-refractivity contribution in [2.75, 3.05) is 12.4 Å². The average Bonchev–Trinajstić information content (AvgIpc) is 2.45. The summed E-state index contributed by atoms with van der Waals surface area (Å²) in [6.45, 7) is 12.8. The second kappa shape index (κ2) is 8.50. The second-order valence-corrected chi connectivity index (χ2v) is 9.01. The van der Waals surface area contributed by atoms with Crippen molar-refractivity contribution in [1.29, 1.82) is 0 Å². The first-order chi connectivity index (χ1) is 10.6. The van der Waals surface area contributed by atoms with Gasteiger partial charge < -0.3 is 0 Å². The molecular formula is C18H30ClNO2S. The van der Waals surface area contributed by atoms with Gasteiger partial charge in [-0.2, -0.15) is 0 Å². The van der Waals surface area contributed by atoms with Crippen molar-refractivity contribution in [2.45, 2.75) is 70.6 Å². The number of rotatable bonds is 8. The summed E-state index contributed by atoms with van der Waals surface area (Å²) in [5, 5.41) is 0. The Morgan fingerprint density at radius 3 is 1.78 bits per heavy atom. The summed E-state index contributed by atoms with van der Waals surface area (Å²) in [6.07, 6.45) is 0.624. The first-order valence-electron chi connectivity index (χ1n) is 8.35. The smallest absolute Gasteiger partial charge is 0.211 e. The van der Waals surface area contributed by atoms with Gasteiger partial charge in [-0.25, -0.2) is 13.1 Å². The van der Waals surface area contributed by atoms with Gasteiger partial charge in [0.15, 0.2) is 0 Å². The van der Waals surface area contributed by atoms with Gasteiger partial charge in [-0.3, -0.25) is 0 Å². The van der Waals surface area contributed by atoms with Gasteiger partial charge in [0.1, 0.15) is 0 Å². The normalized spacial score (nSPS) is 12.6. The molecule has 0 amide bonds. The molecule has 0 atom stereocenters. The Bertz CT molecular complexity index is 593. The van der Waals surface area contributed by atoms with Crippen LogP contribution in [0.25, 0.3) is 0 Å². The zero-order valence-corrected chi connectivity index (χ0v) is 16.7. The van der Waals surface area contributed by atoms with Gasteiger partial charge in [0, 0.05) is 12.4 Å². The summed E-state index contributed by atoms with van der Waals surface area (Å²) < 4.78 is 28.5. The van der Waals surface area contributed by atoms with E-state index < -0.39 is 10.0 Å². The van der Waals surface area contributed by atoms with Gasteiger partial charge in [0.25, 0.3) is 0 Å². The van der Waals surface area contributed by atoms with Gasteiger partial charge >= 0.3 is 0 Å². The standard InChI is InChI=1S/C18H30ClNO2S/c1-12(2)15-10-16(13(3)4)18(17(11-15)14(5)6)23(21,22)20-9-7-8-19/h10-14,20H,7-9H2,1-6H3. The van der Waals surface area contributed by atoms with Crippen LogP contribution in [0, 0.1) is 0 Å². The van der Waals surface area contributed by atoms with Crippen LogP contribution in [-0.4, -0.2) is 20.8 Å². The molecule has 0 fully saturated rings. The van der Waals surface area contributed by atoms with E-state index in [-0.39, 0.29) is 11.8 Å². The lowest BCUT2D eigenvalue weighted by Gasteiger charge is -2.23. The van der Waals surface area contributed by atoms with E-state index >= 15 is 0 Å². The summed E-state index contributed by atoms with van der Waals surface area (Å²) >= 11 is 5.66. The number of hydrogen-bond acceptors (Lipinski definition) is 2. The van der Waals surface area contributed by atoms with E-state index in [0.717, 1.165) is 11.1 Å². The van der Waals surface area contributed by atoms with Crippen LogP contribution in [0.2, 0.25) is 0 Å². The Hall–Kier alpha value is -0.580. The van der Waals surface area contributed by atoms with Crippen LogP contribution in [0.5, 0.6) is 0 Å². The zero-order chi connectivity index (χ0) is 17.8. The number of sulfonamides is 1. The minimum Gasteiger partial charge on any atom is -0.211 e. The van der Waals surface area contributed by atoms with Gasteiger partial charge in [0.05, 0.1) is 4.90 Å². The molecule has 0 heterocycles. The molecule has 3 nitrogen and oxygen atoms in total. The van der Waals surface area contributed by atoms with Crippen LogP contribution in [0.4, 0.5) is 0 Å². The van der Waals surface area contributed by atoms with Crippen molar-refractivity contribution in [1.82, 2.24) is 4.72 Å². The number of benzene rings is 1. The van der Waals surface area contributed by atoms with Crippen molar-refractivity contribution in [3.05, 3.63) is 28.8 Å². The fraction of sp³-hybridized carbons (Fsp3) is 0.667. The highest BCUT2D eigenvalue weighted by Gasteiger charge is 2.26. The highest BCUT2D eigenvalue weighted by atomic mass is 35.5. The minimum absolute atomic E-state index is 0.144. The highest BCUT2D eigenvalue weighted by Crippen LogP contribution is 2.34. The molecule has 1 aromatic carbocycles. The molecule has 0 aromatic heterocycles. The van der Waals surface area contributed by atoms with Gasteiger partial charge in [-0.15, -0.1) is 11.6 Å². The molecule has 1 rings (SSSR count). The van der Waals surface area contributed by atoms with E-state index in [0.29, 0.717) is 29.7 Å². The lowest BCUT2D eigenvalue weighted by Crippen LogP contribution is -2.28. The largest absolute Gasteiger partial charge is 0.241 e. The molecule has 0 saturated heterocycles. The average molecular weight is 360 g/mol. The minimum atomic E-state index is -3.53. The quantitative estimate of drug-likeness (QED) is 0.526. The van der Waals surface area contributed by atoms with Crippen LogP contribution in [0.15, 0.2) is 17.0 Å². The van der Waals surface area contributed by atoms with Crippen LogP contribution in [-0.2, 0) is 10.0 Å². The molecular weight excluding hydrogens is 330 g/mol. The van der Waals surface area contributed by atoms with Gasteiger partial charge in [-0.1, -0.05) is 53.7 Å². The monoisotopic (exact) mass is 359 g/mol. The summed E-state index contributed by atoms with van der Waals surface area (Å²) in [5.74, 6) is 1.10. The lowest BCUT2D eigenvalue weighted by atomic mass is 9.89. The first kappa shape index (κ1) is 20.5. The van der Waals surface area contributed by atoms with Crippen LogP contribution >= 0.6 is 11.6 Å². The van der Waals surface area contributed by atoms with Crippen molar-refractivity contribution < 1.29 is 8.42 Å². The Morgan fingerprint density at radius 2 is 1.43 bits per heavy atom. The van der Waals surface area contributed by atoms with Gasteiger partial charge in [-0.05, 0) is 40.9 Å². The molecule has 0 aliphatic heterocycles. The van der Waals surface area contributed by atoms with E-state index in [9.17, 15) is 8.42 Å². The number of halogens is 1. The third-order valence-corrected chi connectivity index (χ3v) is 5.81. The van der Waals surface area contributed by atoms with Crippen molar-refractivity contribution >= 4 is 21.6 Å². The van der Waals surface area contributed by atoms with Crippen molar-refractivity contribution in [2.24, 2.45) is 0 Å². The topological polar surface area (TPSA) is 46.2 Å². The van der Waals surface area contributed by atoms with E-state index in [1.54, 1.807) is 0 Å². The van der Waals surface area contributed by atoms with Crippen molar-refractivity contribution in [3.8, 4) is 0 Å². The molecule has 1 aromatic rings. The van der Waals surface area contributed by atoms with Crippen LogP contribution < -0.4 is 4.72 Å². The molecule has 0 radical (unpaired) electrons. The molecule has 0 aliphatic rings. The zero-order valence-electron chi connectivity index (χ0n) is 15.1. The van der Waals surface area contributed by atoms with Crippen LogP contribution in [0.3, 0.4) is 0 Å². The predicted octanol–water partition coefficient (Wildman–Crippen LogP) is 4.96. The maximum Gasteiger partial charge on any atom is 0.241 e. The summed E-state index contributed by atoms with van der Waals surface area (Å²) in [6, 6.07) is 4.11. The molecule has 132 valence electrons. The fourth-order valence-electron chi connectivity index (χ4n) is 2.55. The molecule has 23 heavy (non-hydrogen) atoms. The van der Waals surface area contributed by atoms with E-state index in [1.807, 2.05) is 27.7 Å². The highest BCUT2D eigenvalue weighted by molar-refractivity contribution is 7.89. The lowest BCUT2D eigenvalue weighted by molar-refractivity contribution is 0.575. The molecule has 0 aliphatic carbocycles. The maximum atomic E-state index is 12.9. The number of nitrogens with one attached hydrogen (secondary N) is 1. The molecule has 5 heteroatoms. The fourth-order valence-corrected chi connectivity index (χ4v) is 4.45. The number of alkyl halides is 1. The second-order valence-electron chi connectivity index (χ2n) is 6.93. The molecule has 0 spiro atoms. The molecule has 0 saturated carbocycles. The Morgan fingerprint density at radius 1 is 0.957 bits per heavy atom. The molecule has 0 unspecified atom stereocenters. The third kappa shape index (κ3) is 5.20. The van der Waals surface area contributed by atoms with Crippen LogP contribution in [0.1, 0.15) is 82.4 Å².